The van der Waals surface area contributed by atoms with E-state index < -0.39 is 0 Å². The highest BCUT2D eigenvalue weighted by Gasteiger charge is 2.03. The first kappa shape index (κ1) is 15.5. The summed E-state index contributed by atoms with van der Waals surface area (Å²) in [5.74, 6) is -0.0960. The monoisotopic (exact) mass is 304 g/mol. The Hall–Kier alpha value is -2.41. The largest absolute Gasteiger partial charge is 0.207 e. The quantitative estimate of drug-likeness (QED) is 0.563. The third-order valence-corrected chi connectivity index (χ3v) is 4.23. The van der Waals surface area contributed by atoms with E-state index in [2.05, 4.69) is 55.5 Å². The first-order valence-electron chi connectivity index (χ1n) is 8.03. The van der Waals surface area contributed by atoms with E-state index in [0.717, 1.165) is 24.0 Å². The van der Waals surface area contributed by atoms with Gasteiger partial charge in [-0.3, -0.25) is 0 Å². The Bertz CT molecular complexity index is 783. The van der Waals surface area contributed by atoms with Gasteiger partial charge in [0, 0.05) is 0 Å². The van der Waals surface area contributed by atoms with Crippen molar-refractivity contribution in [1.29, 1.82) is 0 Å². The molecule has 0 unspecified atom stereocenters. The van der Waals surface area contributed by atoms with E-state index in [1.807, 2.05) is 19.1 Å². The van der Waals surface area contributed by atoms with Crippen LogP contribution in [0.5, 0.6) is 0 Å². The lowest BCUT2D eigenvalue weighted by Crippen LogP contribution is -1.95. The van der Waals surface area contributed by atoms with Crippen LogP contribution in [0.1, 0.15) is 22.3 Å². The Morgan fingerprint density at radius 2 is 1.22 bits per heavy atom. The Kier molecular flexibility index (Phi) is 4.57. The Labute approximate surface area is 137 Å². The van der Waals surface area contributed by atoms with E-state index in [1.165, 1.54) is 22.3 Å². The lowest BCUT2D eigenvalue weighted by molar-refractivity contribution is 0.607. The minimum Gasteiger partial charge on any atom is -0.207 e. The second-order valence-corrected chi connectivity index (χ2v) is 6.16. The van der Waals surface area contributed by atoms with Gasteiger partial charge in [0.15, 0.2) is 0 Å². The van der Waals surface area contributed by atoms with E-state index in [9.17, 15) is 4.39 Å². The van der Waals surface area contributed by atoms with Gasteiger partial charge in [0.1, 0.15) is 5.82 Å². The minimum absolute atomic E-state index is 0.0960. The van der Waals surface area contributed by atoms with Gasteiger partial charge in [0.25, 0.3) is 0 Å². The van der Waals surface area contributed by atoms with Crippen molar-refractivity contribution in [3.8, 4) is 11.1 Å². The third-order valence-electron chi connectivity index (χ3n) is 4.23. The maximum Gasteiger partial charge on any atom is 0.126 e. The maximum absolute atomic E-state index is 13.9. The van der Waals surface area contributed by atoms with Gasteiger partial charge >= 0.3 is 0 Å². The zero-order valence-corrected chi connectivity index (χ0v) is 13.6. The van der Waals surface area contributed by atoms with Gasteiger partial charge in [-0.25, -0.2) is 4.39 Å². The van der Waals surface area contributed by atoms with E-state index in [4.69, 9.17) is 0 Å². The molecule has 1 heteroatoms. The Morgan fingerprint density at radius 1 is 0.652 bits per heavy atom. The molecule has 116 valence electrons. The molecule has 0 nitrogen and oxygen atoms in total. The molecular weight excluding hydrogens is 283 g/mol. The van der Waals surface area contributed by atoms with Crippen molar-refractivity contribution < 1.29 is 4.39 Å². The molecule has 0 fully saturated rings. The Morgan fingerprint density at radius 3 is 1.83 bits per heavy atom. The fourth-order valence-corrected chi connectivity index (χ4v) is 2.74. The minimum atomic E-state index is -0.0960. The maximum atomic E-state index is 13.9. The van der Waals surface area contributed by atoms with Crippen LogP contribution < -0.4 is 0 Å². The van der Waals surface area contributed by atoms with Gasteiger partial charge in [0.05, 0.1) is 0 Å². The predicted molar refractivity (Wildman–Crippen MR) is 95.2 cm³/mol. The van der Waals surface area contributed by atoms with Gasteiger partial charge in [-0.2, -0.15) is 0 Å². The van der Waals surface area contributed by atoms with Crippen molar-refractivity contribution >= 4 is 0 Å². The lowest BCUT2D eigenvalue weighted by atomic mass is 9.99. The van der Waals surface area contributed by atoms with Gasteiger partial charge < -0.3 is 0 Å². The topological polar surface area (TPSA) is 0 Å². The zero-order valence-electron chi connectivity index (χ0n) is 13.6. The first-order valence-corrected chi connectivity index (χ1v) is 8.03. The molecule has 0 bridgehead atoms. The van der Waals surface area contributed by atoms with E-state index in [1.54, 1.807) is 6.07 Å². The molecule has 0 aliphatic carbocycles. The van der Waals surface area contributed by atoms with Gasteiger partial charge in [-0.05, 0) is 60.6 Å². The lowest BCUT2D eigenvalue weighted by Gasteiger charge is -2.07. The van der Waals surface area contributed by atoms with Crippen LogP contribution in [0.2, 0.25) is 0 Å². The highest BCUT2D eigenvalue weighted by molar-refractivity contribution is 5.63. The summed E-state index contributed by atoms with van der Waals surface area (Å²) in [6.07, 6.45) is 1.59. The number of halogens is 1. The van der Waals surface area contributed by atoms with E-state index >= 15 is 0 Å². The van der Waals surface area contributed by atoms with Gasteiger partial charge in [-0.15, -0.1) is 0 Å². The number of aryl methyl sites for hydroxylation is 4. The van der Waals surface area contributed by atoms with Crippen LogP contribution in [0.15, 0.2) is 66.7 Å². The van der Waals surface area contributed by atoms with Crippen LogP contribution in [-0.4, -0.2) is 0 Å². The van der Waals surface area contributed by atoms with Crippen LogP contribution in [-0.2, 0) is 12.8 Å². The summed E-state index contributed by atoms with van der Waals surface area (Å²) in [6.45, 7) is 4.01. The molecule has 3 aromatic carbocycles. The van der Waals surface area contributed by atoms with Crippen LogP contribution in [0.25, 0.3) is 11.1 Å². The highest BCUT2D eigenvalue weighted by atomic mass is 19.1. The summed E-state index contributed by atoms with van der Waals surface area (Å²) in [5, 5.41) is 0. The molecule has 0 saturated carbocycles. The molecule has 3 rings (SSSR count). The number of hydrogen-bond acceptors (Lipinski definition) is 0. The normalized spacial score (nSPS) is 10.7. The fourth-order valence-electron chi connectivity index (χ4n) is 2.74. The van der Waals surface area contributed by atoms with Crippen molar-refractivity contribution in [3.63, 3.8) is 0 Å². The summed E-state index contributed by atoms with van der Waals surface area (Å²) in [7, 11) is 0. The Balaban J connectivity index is 1.69. The van der Waals surface area contributed by atoms with Crippen LogP contribution in [0.3, 0.4) is 0 Å². The molecule has 0 heterocycles. The first-order chi connectivity index (χ1) is 11.1. The van der Waals surface area contributed by atoms with Crippen molar-refractivity contribution in [2.75, 3.05) is 0 Å². The molecule has 0 aromatic heterocycles. The fraction of sp³-hybridized carbons (Fsp3) is 0.182. The van der Waals surface area contributed by atoms with Gasteiger partial charge in [0.2, 0.25) is 0 Å². The van der Waals surface area contributed by atoms with E-state index in [0.29, 0.717) is 0 Å². The molecular formula is C22H21F. The number of benzene rings is 3. The van der Waals surface area contributed by atoms with E-state index in [-0.39, 0.29) is 5.82 Å². The third kappa shape index (κ3) is 3.87. The predicted octanol–water partition coefficient (Wildman–Crippen LogP) is 5.89. The highest BCUT2D eigenvalue weighted by Crippen LogP contribution is 2.21. The van der Waals surface area contributed by atoms with Crippen molar-refractivity contribution in [3.05, 3.63) is 94.8 Å². The summed E-state index contributed by atoms with van der Waals surface area (Å²) < 4.78 is 13.9. The molecule has 0 aliphatic rings. The van der Waals surface area contributed by atoms with Gasteiger partial charge in [-0.1, -0.05) is 66.2 Å². The molecule has 3 aromatic rings. The number of rotatable bonds is 4. The summed E-state index contributed by atoms with van der Waals surface area (Å²) in [6, 6.07) is 22.6. The number of hydrogen-bond donors (Lipinski definition) is 0. The molecule has 0 radical (unpaired) electrons. The van der Waals surface area contributed by atoms with Crippen molar-refractivity contribution in [2.24, 2.45) is 0 Å². The zero-order chi connectivity index (χ0) is 16.2. The van der Waals surface area contributed by atoms with Crippen molar-refractivity contribution in [2.45, 2.75) is 26.7 Å². The molecule has 0 aliphatic heterocycles. The molecule has 0 saturated heterocycles. The second-order valence-electron chi connectivity index (χ2n) is 6.16. The summed E-state index contributed by atoms with van der Waals surface area (Å²) >= 11 is 0. The average Bonchev–Trinajstić information content (AvgIpc) is 2.55. The molecule has 0 atom stereocenters. The standard InChI is InChI=1S/C22H21F/c1-16-3-9-19(10-4-16)20-12-6-18(7-13-20)8-14-21-11-5-17(2)15-22(21)23/h3-7,9-13,15H,8,14H2,1-2H3. The average molecular weight is 304 g/mol. The van der Waals surface area contributed by atoms with Crippen LogP contribution >= 0.6 is 0 Å². The smallest absolute Gasteiger partial charge is 0.126 e. The summed E-state index contributed by atoms with van der Waals surface area (Å²) in [4.78, 5) is 0. The van der Waals surface area contributed by atoms with Crippen LogP contribution in [0.4, 0.5) is 4.39 Å². The second kappa shape index (κ2) is 6.78. The molecule has 0 spiro atoms. The summed E-state index contributed by atoms with van der Waals surface area (Å²) in [5.41, 5.74) is 6.71. The molecule has 0 N–H and O–H groups in total. The molecule has 23 heavy (non-hydrogen) atoms. The SMILES string of the molecule is Cc1ccc(-c2ccc(CCc3ccc(C)cc3F)cc2)cc1. The molecule has 0 amide bonds. The van der Waals surface area contributed by atoms with Crippen LogP contribution in [0, 0.1) is 19.7 Å². The van der Waals surface area contributed by atoms with Crippen molar-refractivity contribution in [1.82, 2.24) is 0 Å².